The summed E-state index contributed by atoms with van der Waals surface area (Å²) >= 11 is 0. The first-order valence-electron chi connectivity index (χ1n) is 9.75. The lowest BCUT2D eigenvalue weighted by Crippen LogP contribution is -2.28. The van der Waals surface area contributed by atoms with Gasteiger partial charge in [0.25, 0.3) is 0 Å². The van der Waals surface area contributed by atoms with Crippen LogP contribution in [0.4, 0.5) is 11.7 Å². The van der Waals surface area contributed by atoms with Gasteiger partial charge in [0.05, 0.1) is 12.7 Å². The fraction of sp³-hybridized carbons (Fsp3) is 0.381. The number of aromatic hydroxyl groups is 1. The van der Waals surface area contributed by atoms with Gasteiger partial charge in [-0.3, -0.25) is 0 Å². The fourth-order valence-corrected chi connectivity index (χ4v) is 3.62. The van der Waals surface area contributed by atoms with Gasteiger partial charge < -0.3 is 24.7 Å². The number of aliphatic imine (C=N–C) groups is 1. The summed E-state index contributed by atoms with van der Waals surface area (Å²) in [6.07, 6.45) is 7.47. The van der Waals surface area contributed by atoms with E-state index in [0.29, 0.717) is 18.7 Å². The van der Waals surface area contributed by atoms with Gasteiger partial charge in [-0.25, -0.2) is 14.8 Å². The van der Waals surface area contributed by atoms with E-state index in [1.165, 1.54) is 0 Å². The molecule has 3 heterocycles. The molecule has 0 radical (unpaired) electrons. The Kier molecular flexibility index (Phi) is 5.35. The van der Waals surface area contributed by atoms with Crippen molar-refractivity contribution in [2.24, 2.45) is 4.99 Å². The number of pyridine rings is 1. The first-order valence-corrected chi connectivity index (χ1v) is 9.75. The first kappa shape index (κ1) is 19.2. The summed E-state index contributed by atoms with van der Waals surface area (Å²) in [5.74, 6) is -0.0199. The minimum atomic E-state index is -0.654. The highest BCUT2D eigenvalue weighted by atomic mass is 16.5. The second-order valence-electron chi connectivity index (χ2n) is 7.12. The van der Waals surface area contributed by atoms with Crippen molar-refractivity contribution < 1.29 is 24.2 Å². The molecule has 0 aromatic carbocycles. The number of aliphatic hydroxyl groups is 1. The Labute approximate surface area is 167 Å². The Morgan fingerprint density at radius 3 is 2.93 bits per heavy atom. The number of aliphatic hydroxyl groups excluding tert-OH is 1. The van der Waals surface area contributed by atoms with E-state index in [4.69, 9.17) is 9.15 Å². The van der Waals surface area contributed by atoms with E-state index >= 15 is 0 Å². The molecule has 0 unspecified atom stereocenters. The molecule has 4 rings (SSSR count). The number of furan rings is 1. The molecule has 1 fully saturated rings. The van der Waals surface area contributed by atoms with Gasteiger partial charge in [0.15, 0.2) is 22.9 Å². The van der Waals surface area contributed by atoms with Crippen LogP contribution in [0.1, 0.15) is 54.3 Å². The number of ether oxygens (including phenoxy) is 1. The molecule has 0 spiro atoms. The fourth-order valence-electron chi connectivity index (χ4n) is 3.62. The Morgan fingerprint density at radius 1 is 1.38 bits per heavy atom. The van der Waals surface area contributed by atoms with Crippen LogP contribution in [0.3, 0.4) is 0 Å². The van der Waals surface area contributed by atoms with Gasteiger partial charge in [-0.2, -0.15) is 0 Å². The maximum absolute atomic E-state index is 12.4. The Bertz CT molecular complexity index is 971. The lowest BCUT2D eigenvalue weighted by Gasteiger charge is -2.26. The largest absolute Gasteiger partial charge is 0.504 e. The van der Waals surface area contributed by atoms with Gasteiger partial charge >= 0.3 is 5.97 Å². The van der Waals surface area contributed by atoms with Crippen LogP contribution in [-0.4, -0.2) is 46.1 Å². The van der Waals surface area contributed by atoms with Crippen molar-refractivity contribution in [2.45, 2.75) is 44.8 Å². The van der Waals surface area contributed by atoms with Gasteiger partial charge in [-0.1, -0.05) is 0 Å². The zero-order valence-electron chi connectivity index (χ0n) is 16.1. The molecule has 0 atom stereocenters. The lowest BCUT2D eigenvalue weighted by atomic mass is 9.93. The number of aromatic nitrogens is 1. The maximum atomic E-state index is 12.4. The van der Waals surface area contributed by atoms with Crippen LogP contribution in [0.5, 0.6) is 5.75 Å². The summed E-state index contributed by atoms with van der Waals surface area (Å²) in [5, 5.41) is 23.6. The highest BCUT2D eigenvalue weighted by Crippen LogP contribution is 2.39. The summed E-state index contributed by atoms with van der Waals surface area (Å²) in [6.45, 7) is 1.88. The molecular formula is C21H23N3O5. The Hall–Kier alpha value is -3.13. The summed E-state index contributed by atoms with van der Waals surface area (Å²) in [5.41, 5.74) is 1.52. The number of hydrogen-bond donors (Lipinski definition) is 3. The third kappa shape index (κ3) is 3.88. The molecule has 0 bridgehead atoms. The number of hydrogen-bond acceptors (Lipinski definition) is 8. The highest BCUT2D eigenvalue weighted by molar-refractivity contribution is 6.21. The molecule has 8 nitrogen and oxygen atoms in total. The maximum Gasteiger partial charge on any atom is 0.347 e. The molecule has 0 amide bonds. The van der Waals surface area contributed by atoms with E-state index in [0.717, 1.165) is 24.0 Å². The van der Waals surface area contributed by atoms with Crippen molar-refractivity contribution >= 4 is 35.5 Å². The van der Waals surface area contributed by atoms with Crippen molar-refractivity contribution in [1.29, 1.82) is 0 Å². The average Bonchev–Trinajstić information content (AvgIpc) is 3.25. The second-order valence-corrected chi connectivity index (χ2v) is 7.12. The lowest BCUT2D eigenvalue weighted by molar-refractivity contribution is 0.0524. The highest BCUT2D eigenvalue weighted by Gasteiger charge is 2.29. The van der Waals surface area contributed by atoms with Crippen LogP contribution in [0.15, 0.2) is 27.7 Å². The minimum Gasteiger partial charge on any atom is -0.504 e. The number of esters is 1. The monoisotopic (exact) mass is 397 g/mol. The van der Waals surface area contributed by atoms with Crippen LogP contribution in [-0.2, 0) is 4.74 Å². The van der Waals surface area contributed by atoms with Crippen molar-refractivity contribution in [3.63, 3.8) is 0 Å². The van der Waals surface area contributed by atoms with Gasteiger partial charge in [-0.05, 0) is 50.8 Å². The molecule has 152 valence electrons. The van der Waals surface area contributed by atoms with Crippen LogP contribution in [0, 0.1) is 0 Å². The van der Waals surface area contributed by atoms with Crippen molar-refractivity contribution in [3.05, 3.63) is 35.2 Å². The Balaban J connectivity index is 1.67. The second kappa shape index (κ2) is 8.08. The number of nitrogens with zero attached hydrogens (tertiary/aromatic N) is 2. The molecule has 8 heteroatoms. The van der Waals surface area contributed by atoms with Crippen molar-refractivity contribution in [3.8, 4) is 5.75 Å². The topological polar surface area (TPSA) is 117 Å². The zero-order chi connectivity index (χ0) is 20.4. The van der Waals surface area contributed by atoms with Gasteiger partial charge in [0.2, 0.25) is 5.88 Å². The minimum absolute atomic E-state index is 0.0221. The molecule has 1 aliphatic heterocycles. The molecule has 2 aromatic rings. The molecule has 3 N–H and O–H groups in total. The van der Waals surface area contributed by atoms with E-state index in [2.05, 4.69) is 15.3 Å². The smallest absolute Gasteiger partial charge is 0.347 e. The van der Waals surface area contributed by atoms with Gasteiger partial charge in [-0.15, -0.1) is 0 Å². The van der Waals surface area contributed by atoms with Crippen LogP contribution in [0.25, 0.3) is 11.6 Å². The molecule has 2 aromatic heterocycles. The van der Waals surface area contributed by atoms with Crippen LogP contribution < -0.4 is 5.32 Å². The number of anilines is 1. The number of fused-ring (bicyclic) bond motifs is 1. The average molecular weight is 397 g/mol. The van der Waals surface area contributed by atoms with E-state index in [1.807, 2.05) is 6.07 Å². The quantitative estimate of drug-likeness (QED) is 0.661. The third-order valence-electron chi connectivity index (χ3n) is 5.13. The van der Waals surface area contributed by atoms with E-state index in [1.54, 1.807) is 31.5 Å². The summed E-state index contributed by atoms with van der Waals surface area (Å²) in [7, 11) is 0. The number of nitrogens with one attached hydrogen (secondary N) is 1. The van der Waals surface area contributed by atoms with E-state index in [-0.39, 0.29) is 41.7 Å². The summed E-state index contributed by atoms with van der Waals surface area (Å²) < 4.78 is 10.9. The molecule has 1 saturated carbocycles. The third-order valence-corrected chi connectivity index (χ3v) is 5.13. The molecule has 2 aliphatic rings. The van der Waals surface area contributed by atoms with Crippen LogP contribution >= 0.6 is 0 Å². The van der Waals surface area contributed by atoms with E-state index < -0.39 is 5.97 Å². The van der Waals surface area contributed by atoms with Gasteiger partial charge in [0, 0.05) is 29.6 Å². The molecule has 0 saturated heterocycles. The molecule has 29 heavy (non-hydrogen) atoms. The van der Waals surface area contributed by atoms with Crippen LogP contribution in [0.2, 0.25) is 0 Å². The number of allylic oxidation sites excluding steroid dienone is 1. The SMILES string of the molecule is CCOC(=O)c1c(NC2CCC(O)CC2)oc(C=C2C=Nc3ncccc32)c1O. The van der Waals surface area contributed by atoms with Gasteiger partial charge in [0.1, 0.15) is 0 Å². The predicted octanol–water partition coefficient (Wildman–Crippen LogP) is 3.53. The van der Waals surface area contributed by atoms with Crippen molar-refractivity contribution in [1.82, 2.24) is 4.98 Å². The molecule has 1 aliphatic carbocycles. The summed E-state index contributed by atoms with van der Waals surface area (Å²) in [4.78, 5) is 20.9. The van der Waals surface area contributed by atoms with E-state index in [9.17, 15) is 15.0 Å². The summed E-state index contributed by atoms with van der Waals surface area (Å²) in [6, 6.07) is 3.72. The zero-order valence-corrected chi connectivity index (χ0v) is 16.1. The Morgan fingerprint density at radius 2 is 2.17 bits per heavy atom. The number of rotatable bonds is 5. The normalized spacial score (nSPS) is 21.9. The number of carbonyl (C=O) groups is 1. The number of carbonyl (C=O) groups excluding carboxylic acids is 1. The standard InChI is InChI=1S/C21H23N3O5/c1-2-28-21(27)17-18(26)16(10-12-11-23-19-15(12)4-3-9-22-19)29-20(17)24-13-5-7-14(25)8-6-13/h3-4,9-11,13-14,24-26H,2,5-8H2,1H3. The molecular weight excluding hydrogens is 374 g/mol. The predicted molar refractivity (Wildman–Crippen MR) is 108 cm³/mol. The first-order chi connectivity index (χ1) is 14.1. The van der Waals surface area contributed by atoms with Crippen molar-refractivity contribution in [2.75, 3.05) is 11.9 Å².